The number of anilines is 3. The molecule has 0 aromatic heterocycles. The zero-order chi connectivity index (χ0) is 30.9. The van der Waals surface area contributed by atoms with E-state index in [1.165, 1.54) is 105 Å². The van der Waals surface area contributed by atoms with Gasteiger partial charge in [0.2, 0.25) is 0 Å². The van der Waals surface area contributed by atoms with Crippen LogP contribution in [0.25, 0.3) is 33.4 Å². The van der Waals surface area contributed by atoms with Crippen molar-refractivity contribution in [2.75, 3.05) is 4.90 Å². The molecule has 3 aliphatic carbocycles. The molecule has 0 heterocycles. The Labute approximate surface area is 273 Å². The Morgan fingerprint density at radius 3 is 1.76 bits per heavy atom. The molecule has 0 radical (unpaired) electrons. The molecule has 224 valence electrons. The molecule has 1 spiro atoms. The van der Waals surface area contributed by atoms with Gasteiger partial charge >= 0.3 is 0 Å². The summed E-state index contributed by atoms with van der Waals surface area (Å²) in [7, 11) is 0. The molecule has 3 aliphatic rings. The molecule has 9 rings (SSSR count). The Bertz CT molecular complexity index is 2090. The second-order valence-electron chi connectivity index (χ2n) is 14.0. The summed E-state index contributed by atoms with van der Waals surface area (Å²) >= 11 is 0. The van der Waals surface area contributed by atoms with Crippen LogP contribution in [0.4, 0.5) is 17.1 Å². The van der Waals surface area contributed by atoms with Gasteiger partial charge in [0.15, 0.2) is 0 Å². The van der Waals surface area contributed by atoms with E-state index < -0.39 is 0 Å². The molecular formula is C45H39N. The Morgan fingerprint density at radius 1 is 0.435 bits per heavy atom. The van der Waals surface area contributed by atoms with E-state index in [4.69, 9.17) is 0 Å². The summed E-state index contributed by atoms with van der Waals surface area (Å²) in [6.07, 6.45) is 6.42. The van der Waals surface area contributed by atoms with Crippen LogP contribution in [0.5, 0.6) is 0 Å². The summed E-state index contributed by atoms with van der Waals surface area (Å²) in [5.74, 6) is 0. The minimum atomic E-state index is -0.0473. The van der Waals surface area contributed by atoms with Crippen molar-refractivity contribution >= 4 is 17.1 Å². The zero-order valence-electron chi connectivity index (χ0n) is 26.8. The van der Waals surface area contributed by atoms with E-state index in [1.807, 2.05) is 0 Å². The number of benzene rings is 6. The van der Waals surface area contributed by atoms with Crippen LogP contribution >= 0.6 is 0 Å². The van der Waals surface area contributed by atoms with E-state index in [0.29, 0.717) is 0 Å². The number of para-hydroxylation sites is 1. The van der Waals surface area contributed by atoms with Crippen molar-refractivity contribution in [1.82, 2.24) is 0 Å². The molecule has 1 saturated carbocycles. The average Bonchev–Trinajstić information content (AvgIpc) is 3.51. The van der Waals surface area contributed by atoms with E-state index in [9.17, 15) is 0 Å². The van der Waals surface area contributed by atoms with Crippen LogP contribution in [0, 0.1) is 0 Å². The van der Waals surface area contributed by atoms with Gasteiger partial charge in [-0.2, -0.15) is 0 Å². The maximum absolute atomic E-state index is 2.52. The van der Waals surface area contributed by atoms with Crippen LogP contribution in [0.1, 0.15) is 68.2 Å². The van der Waals surface area contributed by atoms with Gasteiger partial charge in [-0.1, -0.05) is 136 Å². The number of nitrogens with zero attached hydrogens (tertiary/aromatic N) is 1. The van der Waals surface area contributed by atoms with Crippen molar-refractivity contribution in [2.45, 2.75) is 56.8 Å². The molecule has 1 nitrogen and oxygen atoms in total. The number of hydrogen-bond donors (Lipinski definition) is 0. The van der Waals surface area contributed by atoms with Crippen LogP contribution in [0.3, 0.4) is 0 Å². The van der Waals surface area contributed by atoms with Gasteiger partial charge in [0.25, 0.3) is 0 Å². The van der Waals surface area contributed by atoms with Crippen molar-refractivity contribution < 1.29 is 0 Å². The predicted molar refractivity (Wildman–Crippen MR) is 193 cm³/mol. The standard InChI is InChI=1S/C45H39N/c1-44(2)40-20-9-7-17-37(40)39-19-13-18-35(43(39)44)31-22-24-33(25-23-31)46(32-14-5-3-6-15-32)34-26-27-38-36-16-8-10-21-41(36)45(42(38)30-34)28-11-4-12-29-45/h3,5-10,13-27,30H,4,11-12,28-29H2,1-2H3. The monoisotopic (exact) mass is 593 g/mol. The average molecular weight is 594 g/mol. The predicted octanol–water partition coefficient (Wildman–Crippen LogP) is 12.4. The van der Waals surface area contributed by atoms with Crippen LogP contribution in [-0.2, 0) is 10.8 Å². The van der Waals surface area contributed by atoms with Gasteiger partial charge in [0, 0.05) is 27.9 Å². The highest BCUT2D eigenvalue weighted by Crippen LogP contribution is 2.57. The van der Waals surface area contributed by atoms with Crippen molar-refractivity contribution in [3.05, 3.63) is 162 Å². The third-order valence-electron chi connectivity index (χ3n) is 11.2. The molecule has 0 bridgehead atoms. The minimum absolute atomic E-state index is 0.0473. The first-order valence-corrected chi connectivity index (χ1v) is 17.0. The van der Waals surface area contributed by atoms with E-state index in [-0.39, 0.29) is 10.8 Å². The summed E-state index contributed by atoms with van der Waals surface area (Å²) in [6.45, 7) is 4.75. The fraction of sp³-hybridized carbons (Fsp3) is 0.200. The summed E-state index contributed by atoms with van der Waals surface area (Å²) in [5, 5.41) is 0. The Balaban J connectivity index is 1.16. The maximum Gasteiger partial charge on any atom is 0.0465 e. The summed E-state index contributed by atoms with van der Waals surface area (Å²) in [6, 6.07) is 52.3. The van der Waals surface area contributed by atoms with E-state index in [2.05, 4.69) is 158 Å². The Morgan fingerprint density at radius 2 is 1.00 bits per heavy atom. The highest BCUT2D eigenvalue weighted by molar-refractivity contribution is 5.89. The van der Waals surface area contributed by atoms with Crippen LogP contribution in [0.2, 0.25) is 0 Å². The normalized spacial score (nSPS) is 16.4. The summed E-state index contributed by atoms with van der Waals surface area (Å²) in [5.41, 5.74) is 17.8. The van der Waals surface area contributed by atoms with Gasteiger partial charge in [-0.05, 0) is 105 Å². The lowest BCUT2D eigenvalue weighted by Crippen LogP contribution is -2.28. The first-order valence-electron chi connectivity index (χ1n) is 17.0. The zero-order valence-corrected chi connectivity index (χ0v) is 26.8. The molecule has 6 aromatic carbocycles. The van der Waals surface area contributed by atoms with Gasteiger partial charge in [-0.15, -0.1) is 0 Å². The minimum Gasteiger partial charge on any atom is -0.310 e. The lowest BCUT2D eigenvalue weighted by Gasteiger charge is -2.36. The molecule has 0 unspecified atom stereocenters. The highest BCUT2D eigenvalue weighted by atomic mass is 15.1. The van der Waals surface area contributed by atoms with Crippen LogP contribution in [0.15, 0.2) is 140 Å². The highest BCUT2D eigenvalue weighted by Gasteiger charge is 2.44. The quantitative estimate of drug-likeness (QED) is 0.196. The molecule has 1 heteroatoms. The number of rotatable bonds is 4. The lowest BCUT2D eigenvalue weighted by molar-refractivity contribution is 0.353. The van der Waals surface area contributed by atoms with Crippen molar-refractivity contribution in [3.8, 4) is 33.4 Å². The second kappa shape index (κ2) is 10.3. The summed E-state index contributed by atoms with van der Waals surface area (Å²) in [4.78, 5) is 2.44. The van der Waals surface area contributed by atoms with E-state index in [1.54, 1.807) is 0 Å². The second-order valence-corrected chi connectivity index (χ2v) is 14.0. The third kappa shape index (κ3) is 3.94. The van der Waals surface area contributed by atoms with Crippen molar-refractivity contribution in [3.63, 3.8) is 0 Å². The van der Waals surface area contributed by atoms with E-state index >= 15 is 0 Å². The molecule has 0 N–H and O–H groups in total. The molecule has 0 atom stereocenters. The molecule has 6 aromatic rings. The largest absolute Gasteiger partial charge is 0.310 e. The molecule has 1 fully saturated rings. The fourth-order valence-electron chi connectivity index (χ4n) is 9.18. The third-order valence-corrected chi connectivity index (χ3v) is 11.2. The number of hydrogen-bond acceptors (Lipinski definition) is 1. The molecule has 0 amide bonds. The van der Waals surface area contributed by atoms with Crippen molar-refractivity contribution in [1.29, 1.82) is 0 Å². The molecule has 0 saturated heterocycles. The number of fused-ring (bicyclic) bond motifs is 8. The molecule has 0 aliphatic heterocycles. The fourth-order valence-corrected chi connectivity index (χ4v) is 9.18. The van der Waals surface area contributed by atoms with Crippen molar-refractivity contribution in [2.24, 2.45) is 0 Å². The van der Waals surface area contributed by atoms with Gasteiger partial charge in [0.05, 0.1) is 0 Å². The van der Waals surface area contributed by atoms with Gasteiger partial charge in [-0.3, -0.25) is 0 Å². The maximum atomic E-state index is 2.52. The first-order chi connectivity index (χ1) is 22.6. The lowest BCUT2D eigenvalue weighted by atomic mass is 9.68. The van der Waals surface area contributed by atoms with Crippen LogP contribution in [-0.4, -0.2) is 0 Å². The van der Waals surface area contributed by atoms with E-state index in [0.717, 1.165) is 0 Å². The summed E-state index contributed by atoms with van der Waals surface area (Å²) < 4.78 is 0. The smallest absolute Gasteiger partial charge is 0.0465 e. The SMILES string of the molecule is CC1(C)c2ccccc2-c2cccc(-c3ccc(N(c4ccccc4)c4ccc5c(c4)C4(CCCCC4)c4ccccc4-5)cc3)c21. The molecule has 46 heavy (non-hydrogen) atoms. The van der Waals surface area contributed by atoms with Gasteiger partial charge < -0.3 is 4.90 Å². The first kappa shape index (κ1) is 27.4. The van der Waals surface area contributed by atoms with Crippen LogP contribution < -0.4 is 4.90 Å². The Hall–Kier alpha value is -4.88. The Kier molecular flexibility index (Phi) is 6.16. The van der Waals surface area contributed by atoms with Gasteiger partial charge in [-0.25, -0.2) is 0 Å². The topological polar surface area (TPSA) is 3.24 Å². The van der Waals surface area contributed by atoms with Gasteiger partial charge in [0.1, 0.15) is 0 Å². The molecular weight excluding hydrogens is 555 g/mol.